The Labute approximate surface area is 284 Å². The van der Waals surface area contributed by atoms with E-state index in [-0.39, 0.29) is 24.4 Å². The van der Waals surface area contributed by atoms with Gasteiger partial charge in [0, 0.05) is 0 Å². The molecule has 256 valence electrons. The van der Waals surface area contributed by atoms with E-state index in [1.807, 2.05) is 121 Å². The van der Waals surface area contributed by atoms with Gasteiger partial charge >= 0.3 is 0 Å². The number of ether oxygens (including phenoxy) is 8. The second-order valence-corrected chi connectivity index (χ2v) is 11.8. The van der Waals surface area contributed by atoms with Crippen molar-refractivity contribution in [1.82, 2.24) is 0 Å². The predicted octanol–water partition coefficient (Wildman–Crippen LogP) is 6.41. The van der Waals surface area contributed by atoms with Gasteiger partial charge in [0.15, 0.2) is 0 Å². The molecule has 0 aliphatic carbocycles. The lowest BCUT2D eigenvalue weighted by Crippen LogP contribution is -2.35. The van der Waals surface area contributed by atoms with Crippen molar-refractivity contribution in [3.05, 3.63) is 144 Å². The first-order chi connectivity index (χ1) is 23.8. The van der Waals surface area contributed by atoms with Gasteiger partial charge in [0.05, 0.1) is 79.3 Å². The van der Waals surface area contributed by atoms with E-state index in [9.17, 15) is 0 Å². The summed E-state index contributed by atoms with van der Waals surface area (Å²) >= 11 is 0. The summed E-state index contributed by atoms with van der Waals surface area (Å²) in [6, 6.07) is 40.4. The van der Waals surface area contributed by atoms with Crippen molar-refractivity contribution >= 4 is 0 Å². The number of rotatable bonds is 12. The van der Waals surface area contributed by atoms with Gasteiger partial charge < -0.3 is 37.9 Å². The topological polar surface area (TPSA) is 73.8 Å². The van der Waals surface area contributed by atoms with E-state index < -0.39 is 0 Å². The Hall–Kier alpha value is -3.44. The highest BCUT2D eigenvalue weighted by atomic mass is 16.6. The molecule has 0 N–H and O–H groups in total. The Morgan fingerprint density at radius 2 is 0.500 bits per heavy atom. The van der Waals surface area contributed by atoms with Gasteiger partial charge in [0.2, 0.25) is 0 Å². The molecule has 1 fully saturated rings. The fourth-order valence-corrected chi connectivity index (χ4v) is 5.05. The van der Waals surface area contributed by atoms with Crippen LogP contribution in [0.5, 0.6) is 0 Å². The average Bonchev–Trinajstić information content (AvgIpc) is 3.14. The first-order valence-corrected chi connectivity index (χ1v) is 16.7. The van der Waals surface area contributed by atoms with Crippen molar-refractivity contribution in [2.45, 2.75) is 50.8 Å². The molecule has 4 aromatic rings. The fraction of sp³-hybridized carbons (Fsp3) is 0.400. The van der Waals surface area contributed by atoms with Crippen LogP contribution in [0.4, 0.5) is 0 Å². The van der Waals surface area contributed by atoms with E-state index in [1.165, 1.54) is 0 Å². The van der Waals surface area contributed by atoms with Crippen molar-refractivity contribution in [3.8, 4) is 0 Å². The van der Waals surface area contributed by atoms with Crippen LogP contribution in [-0.2, 0) is 64.3 Å². The summed E-state index contributed by atoms with van der Waals surface area (Å²) in [6.45, 7) is 4.54. The largest absolute Gasteiger partial charge is 0.376 e. The molecular weight excluding hydrogens is 608 g/mol. The van der Waals surface area contributed by atoms with Crippen molar-refractivity contribution in [2.75, 3.05) is 52.9 Å². The summed E-state index contributed by atoms with van der Waals surface area (Å²) in [7, 11) is 0. The van der Waals surface area contributed by atoms with E-state index in [2.05, 4.69) is 0 Å². The minimum atomic E-state index is -0.291. The second kappa shape index (κ2) is 21.5. The molecule has 5 rings (SSSR count). The minimum absolute atomic E-state index is 0.291. The summed E-state index contributed by atoms with van der Waals surface area (Å²) < 4.78 is 49.9. The maximum Gasteiger partial charge on any atom is 0.105 e. The Kier molecular flexibility index (Phi) is 16.1. The van der Waals surface area contributed by atoms with E-state index in [4.69, 9.17) is 37.9 Å². The summed E-state index contributed by atoms with van der Waals surface area (Å²) in [5.41, 5.74) is 4.35. The number of benzene rings is 4. The molecule has 0 saturated carbocycles. The molecule has 8 nitrogen and oxygen atoms in total. The van der Waals surface area contributed by atoms with Gasteiger partial charge in [-0.2, -0.15) is 0 Å². The molecule has 0 amide bonds. The van der Waals surface area contributed by atoms with Crippen LogP contribution in [0, 0.1) is 0 Å². The molecule has 0 bridgehead atoms. The summed E-state index contributed by atoms with van der Waals surface area (Å²) in [5.74, 6) is 0. The molecule has 1 heterocycles. The van der Waals surface area contributed by atoms with Crippen LogP contribution >= 0.6 is 0 Å². The maximum absolute atomic E-state index is 6.27. The molecule has 1 aliphatic heterocycles. The molecular formula is C40H48O8. The van der Waals surface area contributed by atoms with Gasteiger partial charge in [0.1, 0.15) is 24.4 Å². The molecule has 4 aromatic carbocycles. The molecule has 0 unspecified atom stereocenters. The Balaban J connectivity index is 1.23. The molecule has 0 spiro atoms. The van der Waals surface area contributed by atoms with Gasteiger partial charge in [0.25, 0.3) is 0 Å². The van der Waals surface area contributed by atoms with Gasteiger partial charge in [-0.05, 0) is 22.3 Å². The van der Waals surface area contributed by atoms with Crippen LogP contribution in [0.3, 0.4) is 0 Å². The standard InChI is InChI=1S/C40H48O8/c1-5-13-33(14-6-1)21-45-37-25-41-27-38(46-22-34-15-7-2-8-16-34)29-43-31-40(48-24-36-19-11-4-12-20-36)32-44-30-39(28-42-26-37)47-23-35-17-9-3-10-18-35/h1-20,37-40H,21-32H2. The molecule has 0 atom stereocenters. The van der Waals surface area contributed by atoms with E-state index >= 15 is 0 Å². The predicted molar refractivity (Wildman–Crippen MR) is 183 cm³/mol. The summed E-state index contributed by atoms with van der Waals surface area (Å²) in [6.07, 6.45) is -1.17. The van der Waals surface area contributed by atoms with Crippen LogP contribution in [0.25, 0.3) is 0 Å². The van der Waals surface area contributed by atoms with Crippen LogP contribution in [0.2, 0.25) is 0 Å². The number of hydrogen-bond donors (Lipinski definition) is 0. The Bertz CT molecular complexity index is 1130. The summed E-state index contributed by atoms with van der Waals surface area (Å²) in [5, 5.41) is 0. The lowest BCUT2D eigenvalue weighted by atomic mass is 10.2. The molecule has 1 aliphatic rings. The Morgan fingerprint density at radius 3 is 0.688 bits per heavy atom. The molecule has 48 heavy (non-hydrogen) atoms. The van der Waals surface area contributed by atoms with Crippen molar-refractivity contribution in [2.24, 2.45) is 0 Å². The third-order valence-electron chi connectivity index (χ3n) is 7.74. The lowest BCUT2D eigenvalue weighted by molar-refractivity contribution is -0.135. The van der Waals surface area contributed by atoms with Crippen molar-refractivity contribution < 1.29 is 37.9 Å². The third kappa shape index (κ3) is 14.0. The lowest BCUT2D eigenvalue weighted by Gasteiger charge is -2.25. The average molecular weight is 657 g/mol. The van der Waals surface area contributed by atoms with E-state index in [0.717, 1.165) is 22.3 Å². The normalized spacial score (nSPS) is 21.8. The zero-order valence-electron chi connectivity index (χ0n) is 27.6. The first kappa shape index (κ1) is 35.9. The zero-order valence-corrected chi connectivity index (χ0v) is 27.6. The van der Waals surface area contributed by atoms with Gasteiger partial charge in [-0.15, -0.1) is 0 Å². The van der Waals surface area contributed by atoms with Crippen molar-refractivity contribution in [3.63, 3.8) is 0 Å². The molecule has 1 saturated heterocycles. The van der Waals surface area contributed by atoms with Gasteiger partial charge in [-0.1, -0.05) is 121 Å². The van der Waals surface area contributed by atoms with Crippen LogP contribution < -0.4 is 0 Å². The van der Waals surface area contributed by atoms with E-state index in [0.29, 0.717) is 79.3 Å². The van der Waals surface area contributed by atoms with Crippen LogP contribution in [-0.4, -0.2) is 77.3 Å². The summed E-state index contributed by atoms with van der Waals surface area (Å²) in [4.78, 5) is 0. The second-order valence-electron chi connectivity index (χ2n) is 11.8. The third-order valence-corrected chi connectivity index (χ3v) is 7.74. The molecule has 0 radical (unpaired) electrons. The van der Waals surface area contributed by atoms with Crippen LogP contribution in [0.1, 0.15) is 22.3 Å². The first-order valence-electron chi connectivity index (χ1n) is 16.7. The van der Waals surface area contributed by atoms with Gasteiger partial charge in [-0.3, -0.25) is 0 Å². The monoisotopic (exact) mass is 656 g/mol. The quantitative estimate of drug-likeness (QED) is 0.173. The fourth-order valence-electron chi connectivity index (χ4n) is 5.05. The number of hydrogen-bond acceptors (Lipinski definition) is 8. The van der Waals surface area contributed by atoms with Gasteiger partial charge in [-0.25, -0.2) is 0 Å². The highest BCUT2D eigenvalue weighted by molar-refractivity contribution is 5.15. The SMILES string of the molecule is c1ccc(COC2COCC(OCc3ccccc3)COCC(OCc3ccccc3)COCC(OCc3ccccc3)COC2)cc1. The van der Waals surface area contributed by atoms with Crippen LogP contribution in [0.15, 0.2) is 121 Å². The van der Waals surface area contributed by atoms with E-state index in [1.54, 1.807) is 0 Å². The molecule has 0 aromatic heterocycles. The highest BCUT2D eigenvalue weighted by Crippen LogP contribution is 2.12. The maximum atomic E-state index is 6.27. The minimum Gasteiger partial charge on any atom is -0.376 e. The smallest absolute Gasteiger partial charge is 0.105 e. The molecule has 8 heteroatoms. The zero-order chi connectivity index (χ0) is 32.9. The van der Waals surface area contributed by atoms with Crippen molar-refractivity contribution in [1.29, 1.82) is 0 Å². The highest BCUT2D eigenvalue weighted by Gasteiger charge is 2.20. The Morgan fingerprint density at radius 1 is 0.312 bits per heavy atom.